The maximum Gasteiger partial charge on any atom is 0.433 e. The minimum atomic E-state index is -0.585. The van der Waals surface area contributed by atoms with E-state index in [-0.39, 0.29) is 5.88 Å². The lowest BCUT2D eigenvalue weighted by molar-refractivity contribution is -0.402. The third-order valence-corrected chi connectivity index (χ3v) is 4.14. The molecule has 0 spiro atoms. The fourth-order valence-corrected chi connectivity index (χ4v) is 2.78. The monoisotopic (exact) mass is 342 g/mol. The zero-order valence-electron chi connectivity index (χ0n) is 13.0. The van der Waals surface area contributed by atoms with E-state index in [1.54, 1.807) is 4.68 Å². The van der Waals surface area contributed by atoms with Crippen molar-refractivity contribution in [3.63, 3.8) is 0 Å². The van der Waals surface area contributed by atoms with Gasteiger partial charge in [0.2, 0.25) is 4.80 Å². The average Bonchev–Trinajstić information content (AvgIpc) is 3.15. The van der Waals surface area contributed by atoms with E-state index in [1.165, 1.54) is 35.2 Å². The third kappa shape index (κ3) is 3.49. The number of aryl methyl sites for hydroxylation is 2. The molecule has 2 heterocycles. The van der Waals surface area contributed by atoms with Crippen LogP contribution in [0.25, 0.3) is 0 Å². The predicted octanol–water partition coefficient (Wildman–Crippen LogP) is 3.78. The highest BCUT2D eigenvalue weighted by atomic mass is 32.1. The molecule has 8 heteroatoms. The zero-order valence-corrected chi connectivity index (χ0v) is 13.9. The molecule has 24 heavy (non-hydrogen) atoms. The van der Waals surface area contributed by atoms with Gasteiger partial charge in [0.1, 0.15) is 4.92 Å². The van der Waals surface area contributed by atoms with Gasteiger partial charge in [-0.05, 0) is 32.0 Å². The van der Waals surface area contributed by atoms with Crippen LogP contribution in [0.15, 0.2) is 56.3 Å². The van der Waals surface area contributed by atoms with Crippen LogP contribution in [0.1, 0.15) is 17.0 Å². The van der Waals surface area contributed by atoms with Crippen molar-refractivity contribution in [3.8, 4) is 0 Å². The highest BCUT2D eigenvalue weighted by molar-refractivity contribution is 7.07. The van der Waals surface area contributed by atoms with Crippen LogP contribution in [-0.4, -0.2) is 15.8 Å². The van der Waals surface area contributed by atoms with Gasteiger partial charge < -0.3 is 4.42 Å². The summed E-state index contributed by atoms with van der Waals surface area (Å²) < 4.78 is 6.73. The molecule has 0 saturated heterocycles. The van der Waals surface area contributed by atoms with Gasteiger partial charge in [-0.3, -0.25) is 10.1 Å². The van der Waals surface area contributed by atoms with Crippen LogP contribution in [0.2, 0.25) is 0 Å². The number of hydrogen-bond acceptors (Lipinski definition) is 6. The summed E-state index contributed by atoms with van der Waals surface area (Å²) in [6, 6.07) is 10.7. The van der Waals surface area contributed by atoms with E-state index in [0.717, 1.165) is 11.4 Å². The second-order valence-corrected chi connectivity index (χ2v) is 5.93. The molecule has 3 aromatic rings. The third-order valence-electron chi connectivity index (χ3n) is 3.20. The van der Waals surface area contributed by atoms with Gasteiger partial charge in [0.25, 0.3) is 0 Å². The minimum Gasteiger partial charge on any atom is -0.400 e. The second kappa shape index (κ2) is 6.63. The van der Waals surface area contributed by atoms with E-state index in [9.17, 15) is 10.1 Å². The van der Waals surface area contributed by atoms with Crippen LogP contribution in [0.4, 0.5) is 11.6 Å². The number of nitro groups is 1. The quantitative estimate of drug-likeness (QED) is 0.411. The Bertz CT molecular complexity index is 964. The van der Waals surface area contributed by atoms with E-state index in [2.05, 4.69) is 10.1 Å². The number of furan rings is 1. The Morgan fingerprint density at radius 3 is 2.62 bits per heavy atom. The molecule has 0 fully saturated rings. The lowest BCUT2D eigenvalue weighted by Crippen LogP contribution is -2.11. The van der Waals surface area contributed by atoms with E-state index in [4.69, 9.17) is 4.42 Å². The molecular weight excluding hydrogens is 328 g/mol. The fourth-order valence-electron chi connectivity index (χ4n) is 1.96. The smallest absolute Gasteiger partial charge is 0.400 e. The summed E-state index contributed by atoms with van der Waals surface area (Å²) in [4.78, 5) is 15.3. The number of aromatic nitrogens is 1. The van der Waals surface area contributed by atoms with E-state index in [0.29, 0.717) is 10.6 Å². The summed E-state index contributed by atoms with van der Waals surface area (Å²) in [5, 5.41) is 16.9. The van der Waals surface area contributed by atoms with Crippen LogP contribution in [-0.2, 0) is 0 Å². The normalized spacial score (nSPS) is 12.2. The Balaban J connectivity index is 1.93. The highest BCUT2D eigenvalue weighted by Gasteiger charge is 2.10. The van der Waals surface area contributed by atoms with E-state index >= 15 is 0 Å². The topological polar surface area (TPSA) is 85.9 Å². The average molecular weight is 342 g/mol. The molecule has 122 valence electrons. The second-order valence-electron chi connectivity index (χ2n) is 5.10. The van der Waals surface area contributed by atoms with Crippen molar-refractivity contribution in [2.75, 3.05) is 0 Å². The highest BCUT2D eigenvalue weighted by Crippen LogP contribution is 2.15. The lowest BCUT2D eigenvalue weighted by atomic mass is 10.2. The Labute approximate surface area is 141 Å². The van der Waals surface area contributed by atoms with Crippen molar-refractivity contribution >= 4 is 29.1 Å². The van der Waals surface area contributed by atoms with Gasteiger partial charge in [0, 0.05) is 5.38 Å². The van der Waals surface area contributed by atoms with Crippen molar-refractivity contribution in [1.29, 1.82) is 0 Å². The van der Waals surface area contributed by atoms with Gasteiger partial charge in [-0.1, -0.05) is 17.7 Å². The van der Waals surface area contributed by atoms with Gasteiger partial charge in [-0.15, -0.1) is 11.3 Å². The van der Waals surface area contributed by atoms with Gasteiger partial charge in [0.15, 0.2) is 5.76 Å². The summed E-state index contributed by atoms with van der Waals surface area (Å²) in [6.07, 6.45) is 1.43. The van der Waals surface area contributed by atoms with Crippen molar-refractivity contribution in [3.05, 3.63) is 73.7 Å². The van der Waals surface area contributed by atoms with Crippen LogP contribution < -0.4 is 4.80 Å². The number of thiazole rings is 1. The van der Waals surface area contributed by atoms with Crippen molar-refractivity contribution in [2.24, 2.45) is 10.1 Å². The molecule has 3 rings (SSSR count). The molecule has 2 aromatic heterocycles. The van der Waals surface area contributed by atoms with Gasteiger partial charge in [-0.2, -0.15) is 5.10 Å². The summed E-state index contributed by atoms with van der Waals surface area (Å²) >= 11 is 1.46. The van der Waals surface area contributed by atoms with Crippen molar-refractivity contribution < 1.29 is 9.34 Å². The van der Waals surface area contributed by atoms with Crippen molar-refractivity contribution in [2.45, 2.75) is 13.8 Å². The van der Waals surface area contributed by atoms with Crippen molar-refractivity contribution in [1.82, 2.24) is 4.68 Å². The van der Waals surface area contributed by atoms with Crippen LogP contribution >= 0.6 is 11.3 Å². The maximum atomic E-state index is 10.6. The number of benzene rings is 1. The summed E-state index contributed by atoms with van der Waals surface area (Å²) in [5.41, 5.74) is 2.91. The maximum absolute atomic E-state index is 10.6. The molecule has 0 bridgehead atoms. The largest absolute Gasteiger partial charge is 0.433 e. The first kappa shape index (κ1) is 15.9. The van der Waals surface area contributed by atoms with Crippen LogP contribution in [0.3, 0.4) is 0 Å². The molecule has 0 N–H and O–H groups in total. The molecule has 0 amide bonds. The first-order valence-corrected chi connectivity index (χ1v) is 7.98. The predicted molar refractivity (Wildman–Crippen MR) is 91.8 cm³/mol. The molecule has 0 aliphatic rings. The Morgan fingerprint density at radius 1 is 1.21 bits per heavy atom. The molecule has 0 radical (unpaired) electrons. The molecule has 0 atom stereocenters. The summed E-state index contributed by atoms with van der Waals surface area (Å²) in [5.74, 6) is -0.00542. The minimum absolute atomic E-state index is 0.307. The molecule has 0 aliphatic carbocycles. The Morgan fingerprint density at radius 2 is 1.96 bits per heavy atom. The molecule has 1 aromatic carbocycles. The standard InChI is InChI=1S/C16H14N4O3S/c1-11-3-5-13(6-4-11)18-16-19(12(2)10-24-16)17-9-14-7-8-15(23-14)20(21)22/h3-10H,1-2H3. The lowest BCUT2D eigenvalue weighted by Gasteiger charge is -1.97. The number of nitrogens with zero attached hydrogens (tertiary/aromatic N) is 4. The fraction of sp³-hybridized carbons (Fsp3) is 0.125. The van der Waals surface area contributed by atoms with E-state index in [1.807, 2.05) is 43.5 Å². The van der Waals surface area contributed by atoms with Crippen LogP contribution in [0.5, 0.6) is 0 Å². The number of hydrogen-bond donors (Lipinski definition) is 0. The first-order chi connectivity index (χ1) is 11.5. The Hall–Kier alpha value is -3.00. The SMILES string of the molecule is Cc1ccc(N=c2scc(C)n2N=Cc2ccc([N+](=O)[O-])o2)cc1. The summed E-state index contributed by atoms with van der Waals surface area (Å²) in [7, 11) is 0. The molecule has 7 nitrogen and oxygen atoms in total. The molecule has 0 unspecified atom stereocenters. The Kier molecular flexibility index (Phi) is 4.39. The molecule has 0 aliphatic heterocycles. The van der Waals surface area contributed by atoms with Crippen LogP contribution in [0, 0.1) is 24.0 Å². The summed E-state index contributed by atoms with van der Waals surface area (Å²) in [6.45, 7) is 3.93. The zero-order chi connectivity index (χ0) is 17.1. The number of rotatable bonds is 4. The van der Waals surface area contributed by atoms with Gasteiger partial charge >= 0.3 is 5.88 Å². The molecular formula is C16H14N4O3S. The van der Waals surface area contributed by atoms with Gasteiger partial charge in [0.05, 0.1) is 23.7 Å². The van der Waals surface area contributed by atoms with Gasteiger partial charge in [-0.25, -0.2) is 9.67 Å². The van der Waals surface area contributed by atoms with E-state index < -0.39 is 4.92 Å². The molecule has 0 saturated carbocycles. The first-order valence-electron chi connectivity index (χ1n) is 7.10.